The number of carbonyl (C=O) groups is 1. The number of hydrogen-bond donors (Lipinski definition) is 3. The van der Waals surface area contributed by atoms with Gasteiger partial charge in [0.2, 0.25) is 5.95 Å². The van der Waals surface area contributed by atoms with Gasteiger partial charge in [-0.2, -0.15) is 5.10 Å². The number of aromatic nitrogens is 4. The summed E-state index contributed by atoms with van der Waals surface area (Å²) in [6.07, 6.45) is 6.95. The van der Waals surface area contributed by atoms with Crippen molar-refractivity contribution in [1.82, 2.24) is 19.3 Å². The van der Waals surface area contributed by atoms with Crippen molar-refractivity contribution < 1.29 is 14.6 Å². The lowest BCUT2D eigenvalue weighted by Gasteiger charge is -2.38. The zero-order valence-corrected chi connectivity index (χ0v) is 24.9. The number of fused-ring (bicyclic) bond motifs is 1. The van der Waals surface area contributed by atoms with Crippen LogP contribution < -0.4 is 15.8 Å². The predicted molar refractivity (Wildman–Crippen MR) is 176 cm³/mol. The number of carboxylic acids is 1. The third-order valence-electron chi connectivity index (χ3n) is 7.96. The molecule has 0 bridgehead atoms. The molecule has 0 aliphatic rings. The summed E-state index contributed by atoms with van der Waals surface area (Å²) in [6, 6.07) is 34.7. The van der Waals surface area contributed by atoms with Crippen molar-refractivity contribution in [2.45, 2.75) is 24.9 Å². The van der Waals surface area contributed by atoms with Crippen molar-refractivity contribution in [3.8, 4) is 5.75 Å². The Balaban J connectivity index is 1.29. The highest BCUT2D eigenvalue weighted by Crippen LogP contribution is 2.42. The molecule has 0 saturated carbocycles. The number of imidazole rings is 1. The summed E-state index contributed by atoms with van der Waals surface area (Å²) in [7, 11) is 0. The van der Waals surface area contributed by atoms with E-state index >= 15 is 0 Å². The van der Waals surface area contributed by atoms with Crippen LogP contribution in [-0.4, -0.2) is 50.1 Å². The molecule has 0 saturated heterocycles. The molecule has 0 amide bonds. The summed E-state index contributed by atoms with van der Waals surface area (Å²) in [6.45, 7) is 2.11. The molecule has 0 spiro atoms. The molecule has 0 aliphatic carbocycles. The van der Waals surface area contributed by atoms with Crippen LogP contribution in [0.2, 0.25) is 0 Å². The number of hydrogen-bond acceptors (Lipinski definition) is 6. The van der Waals surface area contributed by atoms with E-state index in [2.05, 4.69) is 87.8 Å². The highest BCUT2D eigenvalue weighted by Gasteiger charge is 2.39. The summed E-state index contributed by atoms with van der Waals surface area (Å²) >= 11 is 0. The molecular formula is C36H36N6O3. The van der Waals surface area contributed by atoms with E-state index in [1.165, 1.54) is 0 Å². The third kappa shape index (κ3) is 5.90. The van der Waals surface area contributed by atoms with Crippen LogP contribution in [0, 0.1) is 0 Å². The highest BCUT2D eigenvalue weighted by molar-refractivity contribution is 5.96. The number of carboxylic acid groups (broad SMARTS) is 1. The first-order chi connectivity index (χ1) is 22.1. The van der Waals surface area contributed by atoms with Crippen molar-refractivity contribution in [3.63, 3.8) is 0 Å². The minimum Gasteiger partial charge on any atom is -0.491 e. The molecule has 6 rings (SSSR count). The minimum absolute atomic E-state index is 0.164. The van der Waals surface area contributed by atoms with Gasteiger partial charge in [-0.05, 0) is 48.2 Å². The zero-order valence-electron chi connectivity index (χ0n) is 24.9. The second-order valence-corrected chi connectivity index (χ2v) is 10.8. The first-order valence-corrected chi connectivity index (χ1v) is 15.1. The summed E-state index contributed by atoms with van der Waals surface area (Å²) in [4.78, 5) is 16.5. The second kappa shape index (κ2) is 13.5. The van der Waals surface area contributed by atoms with Gasteiger partial charge in [0.1, 0.15) is 16.8 Å². The topological polar surface area (TPSA) is 120 Å². The molecule has 45 heavy (non-hydrogen) atoms. The average Bonchev–Trinajstić information content (AvgIpc) is 3.72. The zero-order chi connectivity index (χ0) is 31.1. The number of nitrogens with two attached hydrogens (primary N) is 1. The molecule has 0 fully saturated rings. The SMILES string of the molecule is NCCCOc1cc(C(=O)O)cc2cnn(CCCNc3nccn3C(c3ccccc3)(c3ccccc3)c3ccccc3)c12. The Labute approximate surface area is 261 Å². The smallest absolute Gasteiger partial charge is 0.335 e. The van der Waals surface area contributed by atoms with Gasteiger partial charge in [0.05, 0.1) is 18.4 Å². The van der Waals surface area contributed by atoms with Gasteiger partial charge >= 0.3 is 5.97 Å². The van der Waals surface area contributed by atoms with E-state index in [1.807, 2.05) is 35.3 Å². The molecule has 4 aromatic carbocycles. The summed E-state index contributed by atoms with van der Waals surface area (Å²) in [5.74, 6) is 0.233. The number of ether oxygens (including phenoxy) is 1. The van der Waals surface area contributed by atoms with Gasteiger partial charge in [-0.1, -0.05) is 91.0 Å². The normalized spacial score (nSPS) is 11.5. The number of benzene rings is 4. The molecular weight excluding hydrogens is 564 g/mol. The number of anilines is 1. The third-order valence-corrected chi connectivity index (χ3v) is 7.96. The number of nitrogens with one attached hydrogen (secondary N) is 1. The van der Waals surface area contributed by atoms with Gasteiger partial charge in [-0.15, -0.1) is 0 Å². The highest BCUT2D eigenvalue weighted by atomic mass is 16.5. The molecule has 0 aliphatic heterocycles. The minimum atomic E-state index is -1.01. The quantitative estimate of drug-likeness (QED) is 0.104. The summed E-state index contributed by atoms with van der Waals surface area (Å²) in [5, 5.41) is 18.5. The van der Waals surface area contributed by atoms with Crippen LogP contribution in [0.1, 0.15) is 39.9 Å². The number of nitrogens with zero attached hydrogens (tertiary/aromatic N) is 4. The van der Waals surface area contributed by atoms with Crippen molar-refractivity contribution >= 4 is 22.8 Å². The van der Waals surface area contributed by atoms with Crippen LogP contribution in [0.5, 0.6) is 5.75 Å². The first-order valence-electron chi connectivity index (χ1n) is 15.1. The van der Waals surface area contributed by atoms with Crippen LogP contribution in [-0.2, 0) is 12.1 Å². The molecule has 2 heterocycles. The summed E-state index contributed by atoms with van der Waals surface area (Å²) in [5.41, 5.74) is 9.27. The van der Waals surface area contributed by atoms with Crippen molar-refractivity contribution in [2.75, 3.05) is 25.0 Å². The molecule has 0 atom stereocenters. The molecule has 228 valence electrons. The van der Waals surface area contributed by atoms with Gasteiger partial charge < -0.3 is 20.9 Å². The molecule has 9 nitrogen and oxygen atoms in total. The fraction of sp³-hybridized carbons (Fsp3) is 0.194. The number of rotatable bonds is 14. The lowest BCUT2D eigenvalue weighted by molar-refractivity contribution is 0.0696. The van der Waals surface area contributed by atoms with E-state index in [9.17, 15) is 9.90 Å². The van der Waals surface area contributed by atoms with Crippen LogP contribution >= 0.6 is 0 Å². The maximum absolute atomic E-state index is 11.7. The average molecular weight is 601 g/mol. The van der Waals surface area contributed by atoms with E-state index in [-0.39, 0.29) is 5.56 Å². The van der Waals surface area contributed by atoms with Crippen molar-refractivity contribution in [1.29, 1.82) is 0 Å². The molecule has 0 radical (unpaired) electrons. The largest absolute Gasteiger partial charge is 0.491 e. The van der Waals surface area contributed by atoms with Gasteiger partial charge in [0.25, 0.3) is 0 Å². The molecule has 4 N–H and O–H groups in total. The molecule has 6 aromatic rings. The molecule has 2 aromatic heterocycles. The fourth-order valence-corrected chi connectivity index (χ4v) is 5.95. The van der Waals surface area contributed by atoms with E-state index in [4.69, 9.17) is 15.5 Å². The van der Waals surface area contributed by atoms with E-state index in [0.29, 0.717) is 38.4 Å². The van der Waals surface area contributed by atoms with Crippen LogP contribution in [0.25, 0.3) is 10.9 Å². The predicted octanol–water partition coefficient (Wildman–Crippen LogP) is 6.00. The van der Waals surface area contributed by atoms with Gasteiger partial charge in [0.15, 0.2) is 0 Å². The fourth-order valence-electron chi connectivity index (χ4n) is 5.95. The van der Waals surface area contributed by atoms with Gasteiger partial charge in [-0.3, -0.25) is 9.25 Å². The Hall–Kier alpha value is -5.41. The monoisotopic (exact) mass is 600 g/mol. The van der Waals surface area contributed by atoms with Crippen LogP contribution in [0.3, 0.4) is 0 Å². The maximum Gasteiger partial charge on any atom is 0.335 e. The molecule has 0 unspecified atom stereocenters. The Morgan fingerprint density at radius 3 is 2.09 bits per heavy atom. The Morgan fingerprint density at radius 1 is 0.889 bits per heavy atom. The van der Waals surface area contributed by atoms with Gasteiger partial charge in [-0.25, -0.2) is 9.78 Å². The van der Waals surface area contributed by atoms with Crippen molar-refractivity contribution in [3.05, 3.63) is 144 Å². The summed E-state index contributed by atoms with van der Waals surface area (Å²) < 4.78 is 10.0. The number of aryl methyl sites for hydroxylation is 1. The Morgan fingerprint density at radius 2 is 1.51 bits per heavy atom. The molecule has 9 heteroatoms. The maximum atomic E-state index is 11.7. The Bertz CT molecular complexity index is 1760. The second-order valence-electron chi connectivity index (χ2n) is 10.8. The van der Waals surface area contributed by atoms with E-state index < -0.39 is 11.5 Å². The van der Waals surface area contributed by atoms with Crippen molar-refractivity contribution in [2.24, 2.45) is 5.73 Å². The van der Waals surface area contributed by atoms with Crippen LogP contribution in [0.15, 0.2) is 122 Å². The lowest BCUT2D eigenvalue weighted by atomic mass is 9.76. The standard InChI is InChI=1S/C36H36N6O3/c37-18-10-23-45-32-25-27(34(43)44)24-28-26-40-42(33(28)32)21-11-19-38-35-39-20-22-41(35)36(29-12-4-1-5-13-29,30-14-6-2-7-15-30)31-16-8-3-9-17-31/h1-9,12-17,20,22,24-26H,10-11,18-19,21,23,37H2,(H,38,39)(H,43,44). The lowest BCUT2D eigenvalue weighted by Crippen LogP contribution is -2.38. The van der Waals surface area contributed by atoms with Gasteiger partial charge in [0, 0.05) is 30.9 Å². The van der Waals surface area contributed by atoms with E-state index in [0.717, 1.165) is 40.0 Å². The van der Waals surface area contributed by atoms with Crippen LogP contribution in [0.4, 0.5) is 5.95 Å². The number of aromatic carboxylic acids is 1. The Kier molecular flexibility index (Phi) is 8.89. The van der Waals surface area contributed by atoms with E-state index in [1.54, 1.807) is 18.3 Å². The first kappa shape index (κ1) is 29.7.